The van der Waals surface area contributed by atoms with Crippen molar-refractivity contribution in [3.05, 3.63) is 85.1 Å². The number of rotatable bonds is 40. The quantitative estimate of drug-likeness (QED) is 0.0216. The lowest BCUT2D eigenvalue weighted by Gasteiger charge is -2.31. The van der Waals surface area contributed by atoms with Gasteiger partial charge in [-0.05, 0) is 57.8 Å². The van der Waals surface area contributed by atoms with Crippen LogP contribution in [0.15, 0.2) is 85.1 Å². The lowest BCUT2D eigenvalue weighted by Crippen LogP contribution is -2.50. The van der Waals surface area contributed by atoms with Gasteiger partial charge in [-0.15, -0.1) is 0 Å². The number of ether oxygens (including phenoxy) is 3. The first-order valence-electron chi connectivity index (χ1n) is 23.2. The van der Waals surface area contributed by atoms with Gasteiger partial charge in [0.2, 0.25) is 0 Å². The zero-order valence-corrected chi connectivity index (χ0v) is 38.2. The summed E-state index contributed by atoms with van der Waals surface area (Å²) in [6.07, 6.45) is 53.4. The molecule has 0 saturated carbocycles. The monoisotopic (exact) mass is 825 g/mol. The van der Waals surface area contributed by atoms with Gasteiger partial charge in [0.25, 0.3) is 0 Å². The van der Waals surface area contributed by atoms with Crippen LogP contribution < -0.4 is 0 Å². The smallest absolute Gasteiger partial charge is 0.362 e. The van der Waals surface area contributed by atoms with Crippen molar-refractivity contribution in [2.45, 2.75) is 180 Å². The number of nitrogens with zero attached hydrogens (tertiary/aromatic N) is 1. The number of hydrogen-bond donors (Lipinski definition) is 1. The summed E-state index contributed by atoms with van der Waals surface area (Å²) >= 11 is 0. The molecule has 59 heavy (non-hydrogen) atoms. The average Bonchev–Trinajstić information content (AvgIpc) is 3.19. The second-order valence-corrected chi connectivity index (χ2v) is 16.4. The number of carbonyl (C=O) groups excluding carboxylic acids is 2. The van der Waals surface area contributed by atoms with Gasteiger partial charge in [0, 0.05) is 19.3 Å². The Morgan fingerprint density at radius 3 is 1.47 bits per heavy atom. The van der Waals surface area contributed by atoms with Crippen LogP contribution in [0.2, 0.25) is 0 Å². The largest absolute Gasteiger partial charge is 0.477 e. The lowest BCUT2D eigenvalue weighted by molar-refractivity contribution is -0.887. The van der Waals surface area contributed by atoms with E-state index in [1.165, 1.54) is 70.6 Å². The topological polar surface area (TPSA) is 99.1 Å². The van der Waals surface area contributed by atoms with Gasteiger partial charge in [0.1, 0.15) is 6.61 Å². The highest BCUT2D eigenvalue weighted by Crippen LogP contribution is 2.13. The SMILES string of the molecule is CC/C=C/C=C/C=C/C=C/C=C/C=C/CCCCCC(=O)OC(COCCC(C(=O)O)[N+](C)(C)C)COC(=O)CCCCCCC/C=C/CCCCCCCCCCC. The number of esters is 2. The van der Waals surface area contributed by atoms with Crippen LogP contribution in [0, 0.1) is 0 Å². The number of hydrogen-bond acceptors (Lipinski definition) is 6. The summed E-state index contributed by atoms with van der Waals surface area (Å²) in [7, 11) is 5.50. The van der Waals surface area contributed by atoms with E-state index in [1.54, 1.807) is 0 Å². The Morgan fingerprint density at radius 1 is 0.525 bits per heavy atom. The third-order valence-corrected chi connectivity index (χ3v) is 9.94. The molecule has 0 radical (unpaired) electrons. The zero-order valence-electron chi connectivity index (χ0n) is 38.2. The minimum Gasteiger partial charge on any atom is -0.477 e. The molecule has 0 aromatic carbocycles. The standard InChI is InChI=1S/C51H85NO7/c1-6-8-10-12-14-16-18-20-22-24-26-27-29-31-33-35-37-39-41-49(53)58-46-47(45-57-44-43-48(51(55)56)52(3,4)5)59-50(54)42-40-38-36-34-32-30-28-25-23-21-19-17-15-13-11-9-7-2/h9,11,13,15,17,19,21,23,25-28,30,32,47-48H,6-8,10,12,14,16,18,20,22,24,29,31,33-46H2,1-5H3/p+1/b11-9+,15-13+,19-17+,23-21+,27-26+,28-25+,32-30+. The van der Waals surface area contributed by atoms with Crippen LogP contribution in [0.3, 0.4) is 0 Å². The van der Waals surface area contributed by atoms with E-state index in [0.717, 1.165) is 57.8 Å². The van der Waals surface area contributed by atoms with Crippen molar-refractivity contribution in [3.63, 3.8) is 0 Å². The van der Waals surface area contributed by atoms with Crippen molar-refractivity contribution in [2.24, 2.45) is 0 Å². The van der Waals surface area contributed by atoms with Crippen LogP contribution in [0.5, 0.6) is 0 Å². The van der Waals surface area contributed by atoms with Gasteiger partial charge < -0.3 is 23.8 Å². The van der Waals surface area contributed by atoms with E-state index >= 15 is 0 Å². The average molecular weight is 825 g/mol. The first-order chi connectivity index (χ1) is 28.6. The van der Waals surface area contributed by atoms with Crippen LogP contribution in [0.1, 0.15) is 168 Å². The number of unbranched alkanes of at least 4 members (excludes halogenated alkanes) is 17. The third kappa shape index (κ3) is 39.7. The summed E-state index contributed by atoms with van der Waals surface area (Å²) in [6.45, 7) is 4.53. The number of allylic oxidation sites excluding steroid dienone is 14. The predicted octanol–water partition coefficient (Wildman–Crippen LogP) is 12.9. The number of quaternary nitrogens is 1. The van der Waals surface area contributed by atoms with Crippen molar-refractivity contribution in [3.8, 4) is 0 Å². The highest BCUT2D eigenvalue weighted by Gasteiger charge is 2.31. The second-order valence-electron chi connectivity index (χ2n) is 16.4. The molecule has 0 fully saturated rings. The summed E-state index contributed by atoms with van der Waals surface area (Å²) in [5.74, 6) is -1.54. The molecule has 0 aromatic rings. The van der Waals surface area contributed by atoms with Crippen LogP contribution in [-0.2, 0) is 28.6 Å². The molecule has 0 heterocycles. The van der Waals surface area contributed by atoms with Gasteiger partial charge in [-0.25, -0.2) is 4.79 Å². The van der Waals surface area contributed by atoms with Gasteiger partial charge in [0.05, 0.1) is 34.4 Å². The van der Waals surface area contributed by atoms with Crippen LogP contribution >= 0.6 is 0 Å². The highest BCUT2D eigenvalue weighted by molar-refractivity contribution is 5.72. The van der Waals surface area contributed by atoms with Crippen molar-refractivity contribution < 1.29 is 38.2 Å². The van der Waals surface area contributed by atoms with Gasteiger partial charge in [-0.3, -0.25) is 9.59 Å². The molecule has 0 aliphatic carbocycles. The fourth-order valence-electron chi connectivity index (χ4n) is 6.35. The summed E-state index contributed by atoms with van der Waals surface area (Å²) in [4.78, 5) is 37.0. The summed E-state index contributed by atoms with van der Waals surface area (Å²) in [5.41, 5.74) is 0. The molecule has 0 bridgehead atoms. The number of aliphatic carboxylic acids is 1. The van der Waals surface area contributed by atoms with E-state index < -0.39 is 18.1 Å². The van der Waals surface area contributed by atoms with Crippen molar-refractivity contribution in [1.29, 1.82) is 0 Å². The maximum absolute atomic E-state index is 12.7. The van der Waals surface area contributed by atoms with E-state index in [-0.39, 0.29) is 42.7 Å². The minimum absolute atomic E-state index is 0.0353. The number of carboxylic acids is 1. The van der Waals surface area contributed by atoms with Crippen molar-refractivity contribution in [2.75, 3.05) is 41.0 Å². The van der Waals surface area contributed by atoms with Crippen LogP contribution in [0.25, 0.3) is 0 Å². The Hall–Kier alpha value is -3.49. The first kappa shape index (κ1) is 55.5. The number of likely N-dealkylation sites (N-methyl/N-ethyl adjacent to an activating group) is 1. The first-order valence-corrected chi connectivity index (χ1v) is 23.2. The molecule has 0 spiro atoms. The molecule has 2 atom stereocenters. The van der Waals surface area contributed by atoms with E-state index in [4.69, 9.17) is 14.2 Å². The Kier molecular flexibility index (Phi) is 38.8. The molecule has 1 N–H and O–H groups in total. The lowest BCUT2D eigenvalue weighted by atomic mass is 10.1. The van der Waals surface area contributed by atoms with Crippen molar-refractivity contribution in [1.82, 2.24) is 0 Å². The maximum atomic E-state index is 12.7. The molecule has 2 unspecified atom stereocenters. The fraction of sp³-hybridized carbons (Fsp3) is 0.667. The molecule has 0 rings (SSSR count). The van der Waals surface area contributed by atoms with Crippen LogP contribution in [-0.4, -0.2) is 80.6 Å². The third-order valence-electron chi connectivity index (χ3n) is 9.94. The Morgan fingerprint density at radius 2 is 0.966 bits per heavy atom. The molecule has 0 aliphatic rings. The molecular formula is C51H86NO7+. The molecule has 336 valence electrons. The number of carboxylic acid groups (broad SMARTS) is 1. The Balaban J connectivity index is 4.43. The Labute approximate surface area is 361 Å². The zero-order chi connectivity index (χ0) is 43.5. The van der Waals surface area contributed by atoms with E-state index in [9.17, 15) is 19.5 Å². The summed E-state index contributed by atoms with van der Waals surface area (Å²) in [6, 6.07) is -0.629. The second kappa shape index (κ2) is 41.3. The molecular weight excluding hydrogens is 739 g/mol. The Bertz CT molecular complexity index is 1240. The highest BCUT2D eigenvalue weighted by atomic mass is 16.6. The van der Waals surface area contributed by atoms with Gasteiger partial charge >= 0.3 is 17.9 Å². The molecule has 0 aliphatic heterocycles. The van der Waals surface area contributed by atoms with E-state index in [2.05, 4.69) is 38.2 Å². The number of carbonyl (C=O) groups is 3. The predicted molar refractivity (Wildman–Crippen MR) is 247 cm³/mol. The van der Waals surface area contributed by atoms with Gasteiger partial charge in [-0.1, -0.05) is 176 Å². The van der Waals surface area contributed by atoms with Crippen LogP contribution in [0.4, 0.5) is 0 Å². The summed E-state index contributed by atoms with van der Waals surface area (Å²) < 4.78 is 17.2. The normalized spacial score (nSPS) is 13.7. The van der Waals surface area contributed by atoms with E-state index in [1.807, 2.05) is 81.9 Å². The molecule has 0 aromatic heterocycles. The molecule has 0 amide bonds. The maximum Gasteiger partial charge on any atom is 0.362 e. The van der Waals surface area contributed by atoms with Gasteiger partial charge in [0.15, 0.2) is 12.1 Å². The molecule has 8 nitrogen and oxygen atoms in total. The molecule has 0 saturated heterocycles. The van der Waals surface area contributed by atoms with E-state index in [0.29, 0.717) is 19.3 Å². The van der Waals surface area contributed by atoms with Gasteiger partial charge in [-0.2, -0.15) is 0 Å². The van der Waals surface area contributed by atoms with Crippen molar-refractivity contribution >= 4 is 17.9 Å². The summed E-state index contributed by atoms with van der Waals surface area (Å²) in [5, 5.41) is 9.63. The fourth-order valence-corrected chi connectivity index (χ4v) is 6.35. The minimum atomic E-state index is -0.887. The molecule has 8 heteroatoms.